The second-order valence-corrected chi connectivity index (χ2v) is 10.1. The van der Waals surface area contributed by atoms with Gasteiger partial charge in [0.2, 0.25) is 6.61 Å². The number of carboxylic acid groups (broad SMARTS) is 1. The summed E-state index contributed by atoms with van der Waals surface area (Å²) in [6, 6.07) is 17.8. The molecule has 1 aliphatic heterocycles. The number of amides is 1. The van der Waals surface area contributed by atoms with Crippen molar-refractivity contribution in [2.24, 2.45) is 5.16 Å². The number of aliphatic carboxylic acids is 1. The first-order chi connectivity index (χ1) is 18.6. The highest BCUT2D eigenvalue weighted by molar-refractivity contribution is 6.22. The Bertz CT molecular complexity index is 1410. The van der Waals surface area contributed by atoms with Crippen molar-refractivity contribution in [1.29, 1.82) is 0 Å². The molecule has 0 aliphatic carbocycles. The van der Waals surface area contributed by atoms with Gasteiger partial charge in [-0.25, -0.2) is 4.79 Å². The van der Waals surface area contributed by atoms with Crippen LogP contribution in [-0.4, -0.2) is 44.6 Å². The quantitative estimate of drug-likeness (QED) is 0.280. The third-order valence-corrected chi connectivity index (χ3v) is 6.61. The maximum absolute atomic E-state index is 13.6. The predicted molar refractivity (Wildman–Crippen MR) is 148 cm³/mol. The predicted octanol–water partition coefficient (Wildman–Crippen LogP) is 5.44. The van der Waals surface area contributed by atoms with Crippen LogP contribution in [0.2, 0.25) is 0 Å². The molecule has 4 rings (SSSR count). The molecule has 0 saturated heterocycles. The molecular formula is C30H32N4O5. The van der Waals surface area contributed by atoms with Gasteiger partial charge in [0.25, 0.3) is 5.91 Å². The smallest absolute Gasteiger partial charge is 0.344 e. The molecule has 9 nitrogen and oxygen atoms in total. The molecule has 2 N–H and O–H groups in total. The van der Waals surface area contributed by atoms with E-state index in [0.717, 1.165) is 11.1 Å². The maximum Gasteiger partial charge on any atom is 0.344 e. The number of aromatic nitrogens is 2. The van der Waals surface area contributed by atoms with Gasteiger partial charge in [-0.1, -0.05) is 81.4 Å². The molecule has 1 atom stereocenters. The molecule has 0 fully saturated rings. The Balaban J connectivity index is 1.91. The van der Waals surface area contributed by atoms with Gasteiger partial charge >= 0.3 is 5.97 Å². The van der Waals surface area contributed by atoms with Gasteiger partial charge in [0.1, 0.15) is 5.71 Å². The van der Waals surface area contributed by atoms with Crippen LogP contribution < -0.4 is 4.90 Å². The standard InChI is InChI=1S/C30H32N4O5/c1-17(2)20-7-11-22(12-8-20)27(33-39-16-25(35)36)26-28(23-13-9-21(10-14-23)18(3)4)34(30(38)29(26)37)24-15-6-19(5)31-32-24/h6-15,17-18,28,37H,16H2,1-5H3,(H,35,36)/b33-27+. The summed E-state index contributed by atoms with van der Waals surface area (Å²) < 4.78 is 0. The number of carbonyl (C=O) groups excluding carboxylic acids is 1. The number of benzene rings is 2. The van der Waals surface area contributed by atoms with Crippen LogP contribution in [0.5, 0.6) is 0 Å². The van der Waals surface area contributed by atoms with Crippen molar-refractivity contribution in [1.82, 2.24) is 10.2 Å². The highest BCUT2D eigenvalue weighted by Crippen LogP contribution is 2.42. The van der Waals surface area contributed by atoms with Crippen molar-refractivity contribution >= 4 is 23.4 Å². The average Bonchev–Trinajstić information content (AvgIpc) is 3.17. The van der Waals surface area contributed by atoms with Gasteiger partial charge in [0.05, 0.1) is 17.3 Å². The lowest BCUT2D eigenvalue weighted by molar-refractivity contribution is -0.142. The van der Waals surface area contributed by atoms with Gasteiger partial charge in [0.15, 0.2) is 11.6 Å². The number of carbonyl (C=O) groups is 2. The van der Waals surface area contributed by atoms with Crippen LogP contribution in [0.3, 0.4) is 0 Å². The van der Waals surface area contributed by atoms with Crippen LogP contribution in [-0.2, 0) is 14.4 Å². The Hall–Kier alpha value is -4.53. The van der Waals surface area contributed by atoms with Crippen LogP contribution >= 0.6 is 0 Å². The van der Waals surface area contributed by atoms with E-state index in [-0.39, 0.29) is 23.0 Å². The van der Waals surface area contributed by atoms with Crippen molar-refractivity contribution in [3.63, 3.8) is 0 Å². The van der Waals surface area contributed by atoms with E-state index in [9.17, 15) is 14.7 Å². The molecular weight excluding hydrogens is 496 g/mol. The van der Waals surface area contributed by atoms with Crippen molar-refractivity contribution in [2.45, 2.75) is 52.5 Å². The van der Waals surface area contributed by atoms with Gasteiger partial charge < -0.3 is 15.1 Å². The summed E-state index contributed by atoms with van der Waals surface area (Å²) in [7, 11) is 0. The molecule has 0 saturated carbocycles. The van der Waals surface area contributed by atoms with E-state index in [1.807, 2.05) is 48.5 Å². The summed E-state index contributed by atoms with van der Waals surface area (Å²) in [5.74, 6) is -1.57. The molecule has 2 heterocycles. The van der Waals surface area contributed by atoms with Gasteiger partial charge in [0, 0.05) is 5.56 Å². The second kappa shape index (κ2) is 11.5. The summed E-state index contributed by atoms with van der Waals surface area (Å²) in [5.41, 5.74) is 4.47. The summed E-state index contributed by atoms with van der Waals surface area (Å²) >= 11 is 0. The first-order valence-corrected chi connectivity index (χ1v) is 12.8. The number of hydrogen-bond acceptors (Lipinski definition) is 7. The Kier molecular flexibility index (Phi) is 8.09. The number of aryl methyl sites for hydroxylation is 1. The largest absolute Gasteiger partial charge is 0.503 e. The molecule has 1 aromatic heterocycles. The molecule has 3 aromatic rings. The van der Waals surface area contributed by atoms with Crippen LogP contribution in [0.25, 0.3) is 0 Å². The molecule has 0 radical (unpaired) electrons. The van der Waals surface area contributed by atoms with Crippen LogP contribution in [0.1, 0.15) is 73.5 Å². The van der Waals surface area contributed by atoms with Crippen molar-refractivity contribution in [3.8, 4) is 0 Å². The highest BCUT2D eigenvalue weighted by Gasteiger charge is 2.45. The van der Waals surface area contributed by atoms with Gasteiger partial charge in [-0.3, -0.25) is 9.69 Å². The van der Waals surface area contributed by atoms with E-state index in [4.69, 9.17) is 9.94 Å². The fourth-order valence-corrected chi connectivity index (χ4v) is 4.42. The second-order valence-electron chi connectivity index (χ2n) is 10.1. The fourth-order valence-electron chi connectivity index (χ4n) is 4.42. The summed E-state index contributed by atoms with van der Waals surface area (Å²) in [6.07, 6.45) is 0. The van der Waals surface area contributed by atoms with Crippen LogP contribution in [0.15, 0.2) is 77.2 Å². The molecule has 0 bridgehead atoms. The average molecular weight is 529 g/mol. The zero-order chi connectivity index (χ0) is 28.3. The summed E-state index contributed by atoms with van der Waals surface area (Å²) in [5, 5.41) is 32.9. The van der Waals surface area contributed by atoms with Crippen molar-refractivity contribution in [3.05, 3.63) is 99.9 Å². The first-order valence-electron chi connectivity index (χ1n) is 12.8. The Morgan fingerprint density at radius 3 is 2.05 bits per heavy atom. The minimum absolute atomic E-state index is 0.151. The third kappa shape index (κ3) is 5.82. The van der Waals surface area contributed by atoms with Gasteiger partial charge in [-0.05, 0) is 47.6 Å². The number of aliphatic hydroxyl groups excluding tert-OH is 1. The lowest BCUT2D eigenvalue weighted by Crippen LogP contribution is -2.32. The lowest BCUT2D eigenvalue weighted by atomic mass is 9.90. The fraction of sp³-hybridized carbons (Fsp3) is 0.300. The Morgan fingerprint density at radius 1 is 0.949 bits per heavy atom. The SMILES string of the molecule is Cc1ccc(N2C(=O)C(O)=C(/C(=N/OCC(=O)O)c3ccc(C(C)C)cc3)C2c2ccc(C(C)C)cc2)nn1. The van der Waals surface area contributed by atoms with E-state index < -0.39 is 30.3 Å². The molecule has 9 heteroatoms. The first kappa shape index (κ1) is 27.5. The molecule has 202 valence electrons. The molecule has 1 amide bonds. The number of carboxylic acids is 1. The van der Waals surface area contributed by atoms with E-state index in [2.05, 4.69) is 43.0 Å². The Morgan fingerprint density at radius 2 is 1.54 bits per heavy atom. The lowest BCUT2D eigenvalue weighted by Gasteiger charge is -2.26. The van der Waals surface area contributed by atoms with E-state index in [0.29, 0.717) is 22.7 Å². The van der Waals surface area contributed by atoms with Crippen molar-refractivity contribution < 1.29 is 24.6 Å². The zero-order valence-electron chi connectivity index (χ0n) is 22.6. The number of rotatable bonds is 9. The summed E-state index contributed by atoms with van der Waals surface area (Å²) in [4.78, 5) is 31.3. The summed E-state index contributed by atoms with van der Waals surface area (Å²) in [6.45, 7) is 9.42. The molecule has 0 spiro atoms. The van der Waals surface area contributed by atoms with Crippen LogP contribution in [0, 0.1) is 6.92 Å². The minimum Gasteiger partial charge on any atom is -0.503 e. The Labute approximate surface area is 227 Å². The van der Waals surface area contributed by atoms with Crippen LogP contribution in [0.4, 0.5) is 5.82 Å². The number of hydrogen-bond donors (Lipinski definition) is 2. The minimum atomic E-state index is -1.20. The number of anilines is 1. The highest BCUT2D eigenvalue weighted by atomic mass is 16.6. The molecule has 39 heavy (non-hydrogen) atoms. The normalized spacial score (nSPS) is 16.0. The maximum atomic E-state index is 13.6. The van der Waals surface area contributed by atoms with Crippen molar-refractivity contribution in [2.75, 3.05) is 11.5 Å². The molecule has 1 unspecified atom stereocenters. The van der Waals surface area contributed by atoms with E-state index in [1.165, 1.54) is 4.90 Å². The molecule has 2 aromatic carbocycles. The molecule has 1 aliphatic rings. The third-order valence-electron chi connectivity index (χ3n) is 6.61. The number of aliphatic hydroxyl groups is 1. The number of oxime groups is 1. The van der Waals surface area contributed by atoms with E-state index >= 15 is 0 Å². The zero-order valence-corrected chi connectivity index (χ0v) is 22.6. The topological polar surface area (TPSA) is 125 Å². The van der Waals surface area contributed by atoms with E-state index in [1.54, 1.807) is 19.1 Å². The number of nitrogens with zero attached hydrogens (tertiary/aromatic N) is 4. The van der Waals surface area contributed by atoms with Gasteiger partial charge in [-0.15, -0.1) is 5.10 Å². The monoisotopic (exact) mass is 528 g/mol. The van der Waals surface area contributed by atoms with Gasteiger partial charge in [-0.2, -0.15) is 5.10 Å².